The first kappa shape index (κ1) is 14.7. The van der Waals surface area contributed by atoms with Crippen LogP contribution < -0.4 is 0 Å². The number of carbonyl (C=O) groups excluding carboxylic acids is 1. The molecule has 2 heterocycles. The molecule has 1 saturated heterocycles. The van der Waals surface area contributed by atoms with Crippen molar-refractivity contribution in [1.29, 1.82) is 0 Å². The molecule has 0 bridgehead atoms. The number of nitrogens with zero attached hydrogens (tertiary/aromatic N) is 2. The first-order valence-electron chi connectivity index (χ1n) is 8.47. The summed E-state index contributed by atoms with van der Waals surface area (Å²) in [5.41, 5.74) is 2.72. The maximum atomic E-state index is 13.0. The van der Waals surface area contributed by atoms with Crippen LogP contribution in [0.3, 0.4) is 0 Å². The quantitative estimate of drug-likeness (QED) is 0.927. The van der Waals surface area contributed by atoms with Gasteiger partial charge in [0.2, 0.25) is 0 Å². The van der Waals surface area contributed by atoms with Crippen molar-refractivity contribution in [1.82, 2.24) is 14.9 Å². The number of amides is 1. The van der Waals surface area contributed by atoms with Crippen molar-refractivity contribution in [3.63, 3.8) is 0 Å². The van der Waals surface area contributed by atoms with Crippen molar-refractivity contribution in [2.45, 2.75) is 38.2 Å². The molecule has 1 aliphatic heterocycles. The number of nitrogens with one attached hydrogen (secondary N) is 1. The number of hydrogen-bond donors (Lipinski definition) is 1. The number of benzene rings is 1. The van der Waals surface area contributed by atoms with Gasteiger partial charge in [0.1, 0.15) is 0 Å². The highest BCUT2D eigenvalue weighted by atomic mass is 16.5. The normalized spacial score (nSPS) is 27.9. The molecule has 2 aromatic rings. The molecule has 1 aromatic heterocycles. The van der Waals surface area contributed by atoms with Gasteiger partial charge in [0.05, 0.1) is 23.5 Å². The largest absolute Gasteiger partial charge is 0.381 e. The Labute approximate surface area is 136 Å². The molecule has 1 amide bonds. The molecule has 1 spiro atoms. The summed E-state index contributed by atoms with van der Waals surface area (Å²) in [6, 6.07) is 5.70. The lowest BCUT2D eigenvalue weighted by molar-refractivity contribution is -0.0295. The SMILES string of the molecule is CO[C@@H]1CCC[C@@]12CCCN(C(=O)c1ccc3nc[nH]c3c1)C2. The lowest BCUT2D eigenvalue weighted by Gasteiger charge is -2.43. The molecule has 2 atom stereocenters. The number of likely N-dealkylation sites (tertiary alicyclic amines) is 1. The van der Waals surface area contributed by atoms with Crippen molar-refractivity contribution < 1.29 is 9.53 Å². The van der Waals surface area contributed by atoms with Crippen molar-refractivity contribution in [3.05, 3.63) is 30.1 Å². The number of carbonyl (C=O) groups is 1. The van der Waals surface area contributed by atoms with Gasteiger partial charge in [0.15, 0.2) is 0 Å². The lowest BCUT2D eigenvalue weighted by Crippen LogP contribution is -2.49. The number of hydrogen-bond acceptors (Lipinski definition) is 3. The summed E-state index contributed by atoms with van der Waals surface area (Å²) in [6.45, 7) is 1.67. The molecule has 0 unspecified atom stereocenters. The number of ether oxygens (including phenoxy) is 1. The van der Waals surface area contributed by atoms with Crippen LogP contribution in [0, 0.1) is 5.41 Å². The van der Waals surface area contributed by atoms with E-state index >= 15 is 0 Å². The Kier molecular flexibility index (Phi) is 3.60. The van der Waals surface area contributed by atoms with Crippen molar-refractivity contribution in [2.24, 2.45) is 5.41 Å². The first-order chi connectivity index (χ1) is 11.2. The number of aromatic amines is 1. The maximum Gasteiger partial charge on any atom is 0.253 e. The Balaban J connectivity index is 1.58. The van der Waals surface area contributed by atoms with E-state index in [1.807, 2.05) is 30.2 Å². The van der Waals surface area contributed by atoms with Gasteiger partial charge in [0.25, 0.3) is 5.91 Å². The average molecular weight is 313 g/mol. The number of fused-ring (bicyclic) bond motifs is 1. The van der Waals surface area contributed by atoms with Gasteiger partial charge < -0.3 is 14.6 Å². The third kappa shape index (κ3) is 2.43. The molecule has 5 heteroatoms. The molecule has 2 aliphatic rings. The summed E-state index contributed by atoms with van der Waals surface area (Å²) in [6.07, 6.45) is 7.71. The van der Waals surface area contributed by atoms with Crippen molar-refractivity contribution in [2.75, 3.05) is 20.2 Å². The summed E-state index contributed by atoms with van der Waals surface area (Å²) in [5.74, 6) is 0.127. The van der Waals surface area contributed by atoms with E-state index in [0.29, 0.717) is 6.10 Å². The van der Waals surface area contributed by atoms with Gasteiger partial charge in [-0.05, 0) is 43.9 Å². The lowest BCUT2D eigenvalue weighted by atomic mass is 9.76. The maximum absolute atomic E-state index is 13.0. The molecule has 1 aromatic carbocycles. The minimum Gasteiger partial charge on any atom is -0.381 e. The fourth-order valence-corrected chi connectivity index (χ4v) is 4.53. The van der Waals surface area contributed by atoms with E-state index in [1.165, 1.54) is 19.3 Å². The summed E-state index contributed by atoms with van der Waals surface area (Å²) < 4.78 is 5.73. The minimum absolute atomic E-state index is 0.127. The van der Waals surface area contributed by atoms with E-state index in [1.54, 1.807) is 6.33 Å². The number of imidazole rings is 1. The third-order valence-corrected chi connectivity index (χ3v) is 5.67. The van der Waals surface area contributed by atoms with Crippen LogP contribution in [0.25, 0.3) is 11.0 Å². The van der Waals surface area contributed by atoms with Crippen LogP contribution in [-0.2, 0) is 4.74 Å². The zero-order valence-electron chi connectivity index (χ0n) is 13.5. The topological polar surface area (TPSA) is 58.2 Å². The van der Waals surface area contributed by atoms with Gasteiger partial charge in [-0.1, -0.05) is 6.42 Å². The van der Waals surface area contributed by atoms with Crippen LogP contribution in [-0.4, -0.2) is 47.1 Å². The molecule has 5 nitrogen and oxygen atoms in total. The Morgan fingerprint density at radius 2 is 2.26 bits per heavy atom. The van der Waals surface area contributed by atoms with Crippen LogP contribution in [0.4, 0.5) is 0 Å². The highest BCUT2D eigenvalue weighted by Gasteiger charge is 2.46. The second-order valence-corrected chi connectivity index (χ2v) is 6.94. The van der Waals surface area contributed by atoms with E-state index < -0.39 is 0 Å². The van der Waals surface area contributed by atoms with Crippen molar-refractivity contribution in [3.8, 4) is 0 Å². The number of rotatable bonds is 2. The minimum atomic E-state index is 0.127. The van der Waals surface area contributed by atoms with Gasteiger partial charge in [-0.3, -0.25) is 4.79 Å². The van der Waals surface area contributed by atoms with Crippen LogP contribution in [0.1, 0.15) is 42.5 Å². The van der Waals surface area contributed by atoms with Crippen LogP contribution in [0.15, 0.2) is 24.5 Å². The Hall–Kier alpha value is -1.88. The van der Waals surface area contributed by atoms with E-state index in [9.17, 15) is 4.79 Å². The highest BCUT2D eigenvalue weighted by molar-refractivity contribution is 5.97. The van der Waals surface area contributed by atoms with Gasteiger partial charge in [0, 0.05) is 31.2 Å². The Morgan fingerprint density at radius 3 is 3.13 bits per heavy atom. The fraction of sp³-hybridized carbons (Fsp3) is 0.556. The Bertz CT molecular complexity index is 726. The number of methoxy groups -OCH3 is 1. The second kappa shape index (κ2) is 5.64. The smallest absolute Gasteiger partial charge is 0.253 e. The fourth-order valence-electron chi connectivity index (χ4n) is 4.53. The molecule has 1 saturated carbocycles. The molecule has 1 N–H and O–H groups in total. The summed E-state index contributed by atoms with van der Waals surface area (Å²) in [4.78, 5) is 22.3. The molecule has 1 aliphatic carbocycles. The number of aromatic nitrogens is 2. The summed E-state index contributed by atoms with van der Waals surface area (Å²) in [7, 11) is 1.81. The molecule has 0 radical (unpaired) electrons. The predicted octanol–water partition coefficient (Wildman–Crippen LogP) is 2.98. The van der Waals surface area contributed by atoms with E-state index in [-0.39, 0.29) is 11.3 Å². The van der Waals surface area contributed by atoms with E-state index in [0.717, 1.165) is 42.5 Å². The predicted molar refractivity (Wildman–Crippen MR) is 88.3 cm³/mol. The summed E-state index contributed by atoms with van der Waals surface area (Å²) in [5, 5.41) is 0. The average Bonchev–Trinajstić information content (AvgIpc) is 3.20. The molecule has 122 valence electrons. The van der Waals surface area contributed by atoms with Gasteiger partial charge in [-0.25, -0.2) is 4.98 Å². The zero-order valence-corrected chi connectivity index (χ0v) is 13.5. The standard InChI is InChI=1S/C18H23N3O2/c1-23-16-4-2-7-18(16)8-3-9-21(11-18)17(22)13-5-6-14-15(10-13)20-12-19-14/h5-6,10,12,16H,2-4,7-9,11H2,1H3,(H,19,20)/t16-,18+/m1/s1. The highest BCUT2D eigenvalue weighted by Crippen LogP contribution is 2.46. The summed E-state index contributed by atoms with van der Waals surface area (Å²) >= 11 is 0. The van der Waals surface area contributed by atoms with E-state index in [2.05, 4.69) is 9.97 Å². The second-order valence-electron chi connectivity index (χ2n) is 6.94. The molecule has 23 heavy (non-hydrogen) atoms. The van der Waals surface area contributed by atoms with Crippen LogP contribution in [0.5, 0.6) is 0 Å². The third-order valence-electron chi connectivity index (χ3n) is 5.67. The molecule has 2 fully saturated rings. The van der Waals surface area contributed by atoms with Crippen LogP contribution in [0.2, 0.25) is 0 Å². The number of H-pyrrole nitrogens is 1. The van der Waals surface area contributed by atoms with Gasteiger partial charge in [-0.15, -0.1) is 0 Å². The van der Waals surface area contributed by atoms with E-state index in [4.69, 9.17) is 4.74 Å². The Morgan fingerprint density at radius 1 is 1.39 bits per heavy atom. The van der Waals surface area contributed by atoms with Crippen molar-refractivity contribution >= 4 is 16.9 Å². The number of piperidine rings is 1. The van der Waals surface area contributed by atoms with Gasteiger partial charge >= 0.3 is 0 Å². The first-order valence-corrected chi connectivity index (χ1v) is 8.47. The zero-order chi connectivity index (χ0) is 15.9. The molecule has 4 rings (SSSR count). The molecular formula is C18H23N3O2. The molecular weight excluding hydrogens is 290 g/mol. The monoisotopic (exact) mass is 313 g/mol. The van der Waals surface area contributed by atoms with Crippen LogP contribution >= 0.6 is 0 Å². The van der Waals surface area contributed by atoms with Gasteiger partial charge in [-0.2, -0.15) is 0 Å².